The molecule has 2 amide bonds. The minimum Gasteiger partial charge on any atom is -0.492 e. The molecule has 2 aromatic rings. The zero-order chi connectivity index (χ0) is 19.1. The van der Waals surface area contributed by atoms with Crippen LogP contribution in [-0.4, -0.2) is 24.5 Å². The Morgan fingerprint density at radius 1 is 1.12 bits per heavy atom. The van der Waals surface area contributed by atoms with Gasteiger partial charge in [-0.25, -0.2) is 0 Å². The minimum atomic E-state index is -0.294. The highest BCUT2D eigenvalue weighted by Crippen LogP contribution is 2.27. The molecule has 0 aromatic heterocycles. The molecule has 0 radical (unpaired) electrons. The van der Waals surface area contributed by atoms with Gasteiger partial charge < -0.3 is 15.4 Å². The molecule has 0 aliphatic carbocycles. The summed E-state index contributed by atoms with van der Waals surface area (Å²) < 4.78 is 6.31. The molecule has 0 aliphatic rings. The van der Waals surface area contributed by atoms with Gasteiger partial charge in [0.15, 0.2) is 0 Å². The van der Waals surface area contributed by atoms with Crippen molar-refractivity contribution in [2.24, 2.45) is 0 Å². The van der Waals surface area contributed by atoms with Gasteiger partial charge in [-0.15, -0.1) is 0 Å². The first-order valence-corrected chi connectivity index (χ1v) is 9.35. The summed E-state index contributed by atoms with van der Waals surface area (Å²) in [7, 11) is 0. The number of hydrogen-bond acceptors (Lipinski definition) is 3. The SMILES string of the molecule is CCCOc1ccc(C(=O)Nc2ccccc2C(=O)NC(C)C)cc1Br. The summed E-state index contributed by atoms with van der Waals surface area (Å²) >= 11 is 3.43. The summed E-state index contributed by atoms with van der Waals surface area (Å²) in [5.74, 6) is 0.179. The molecule has 2 N–H and O–H groups in total. The molecule has 0 bridgehead atoms. The van der Waals surface area contributed by atoms with Crippen LogP contribution in [0.2, 0.25) is 0 Å². The van der Waals surface area contributed by atoms with Gasteiger partial charge in [-0.05, 0) is 66.5 Å². The molecule has 138 valence electrons. The lowest BCUT2D eigenvalue weighted by Gasteiger charge is -2.13. The van der Waals surface area contributed by atoms with Gasteiger partial charge in [0.2, 0.25) is 0 Å². The smallest absolute Gasteiger partial charge is 0.255 e. The molecule has 26 heavy (non-hydrogen) atoms. The van der Waals surface area contributed by atoms with Crippen LogP contribution in [0, 0.1) is 0 Å². The molecular formula is C20H23BrN2O3. The number of anilines is 1. The molecule has 2 aromatic carbocycles. The molecule has 0 fully saturated rings. The first kappa shape index (κ1) is 20.0. The van der Waals surface area contributed by atoms with Crippen LogP contribution in [-0.2, 0) is 0 Å². The number of benzene rings is 2. The summed E-state index contributed by atoms with van der Waals surface area (Å²) in [6, 6.07) is 12.1. The minimum absolute atomic E-state index is 0.0119. The molecule has 5 nitrogen and oxygen atoms in total. The van der Waals surface area contributed by atoms with Crippen LogP contribution in [0.15, 0.2) is 46.9 Å². The predicted octanol–water partition coefficient (Wildman–Crippen LogP) is 4.63. The molecule has 0 spiro atoms. The highest BCUT2D eigenvalue weighted by molar-refractivity contribution is 9.10. The normalized spacial score (nSPS) is 10.5. The standard InChI is InChI=1S/C20H23BrN2O3/c1-4-11-26-18-10-9-14(12-16(18)21)19(24)23-17-8-6-5-7-15(17)20(25)22-13(2)3/h5-10,12-13H,4,11H2,1-3H3,(H,22,25)(H,23,24). The van der Waals surface area contributed by atoms with Crippen LogP contribution in [0.1, 0.15) is 47.9 Å². The topological polar surface area (TPSA) is 67.4 Å². The predicted molar refractivity (Wildman–Crippen MR) is 107 cm³/mol. The lowest BCUT2D eigenvalue weighted by atomic mass is 10.1. The van der Waals surface area contributed by atoms with Crippen molar-refractivity contribution >= 4 is 33.4 Å². The zero-order valence-electron chi connectivity index (χ0n) is 15.1. The van der Waals surface area contributed by atoms with Crippen molar-refractivity contribution in [3.8, 4) is 5.75 Å². The Labute approximate surface area is 162 Å². The van der Waals surface area contributed by atoms with Crippen molar-refractivity contribution in [3.05, 3.63) is 58.1 Å². The van der Waals surface area contributed by atoms with Gasteiger partial charge in [0.1, 0.15) is 5.75 Å². The van der Waals surface area contributed by atoms with E-state index in [9.17, 15) is 9.59 Å². The van der Waals surface area contributed by atoms with E-state index in [0.717, 1.165) is 6.42 Å². The summed E-state index contributed by atoms with van der Waals surface area (Å²) in [4.78, 5) is 24.9. The summed E-state index contributed by atoms with van der Waals surface area (Å²) in [6.07, 6.45) is 0.907. The van der Waals surface area contributed by atoms with Gasteiger partial charge >= 0.3 is 0 Å². The molecule has 0 heterocycles. The van der Waals surface area contributed by atoms with E-state index in [2.05, 4.69) is 26.6 Å². The second kappa shape index (κ2) is 9.38. The summed E-state index contributed by atoms with van der Waals surface area (Å²) in [5, 5.41) is 5.64. The second-order valence-electron chi connectivity index (χ2n) is 6.12. The fraction of sp³-hybridized carbons (Fsp3) is 0.300. The molecular weight excluding hydrogens is 396 g/mol. The third-order valence-corrected chi connectivity index (χ3v) is 4.12. The van der Waals surface area contributed by atoms with Crippen molar-refractivity contribution in [2.75, 3.05) is 11.9 Å². The van der Waals surface area contributed by atoms with E-state index >= 15 is 0 Å². The third kappa shape index (κ3) is 5.33. The Balaban J connectivity index is 2.18. The van der Waals surface area contributed by atoms with E-state index < -0.39 is 0 Å². The molecule has 0 aliphatic heterocycles. The Bertz CT molecular complexity index is 790. The first-order chi connectivity index (χ1) is 12.4. The number of para-hydroxylation sites is 1. The van der Waals surface area contributed by atoms with E-state index in [1.807, 2.05) is 20.8 Å². The van der Waals surface area contributed by atoms with Gasteiger partial charge in [0, 0.05) is 11.6 Å². The van der Waals surface area contributed by atoms with Crippen LogP contribution in [0.4, 0.5) is 5.69 Å². The fourth-order valence-electron chi connectivity index (χ4n) is 2.30. The maximum atomic E-state index is 12.6. The first-order valence-electron chi connectivity index (χ1n) is 8.56. The number of hydrogen-bond donors (Lipinski definition) is 2. The summed E-state index contributed by atoms with van der Waals surface area (Å²) in [5.41, 5.74) is 1.37. The van der Waals surface area contributed by atoms with Crippen molar-refractivity contribution in [2.45, 2.75) is 33.2 Å². The average Bonchev–Trinajstić information content (AvgIpc) is 2.60. The van der Waals surface area contributed by atoms with Crippen molar-refractivity contribution < 1.29 is 14.3 Å². The van der Waals surface area contributed by atoms with Gasteiger partial charge in [-0.2, -0.15) is 0 Å². The monoisotopic (exact) mass is 418 g/mol. The lowest BCUT2D eigenvalue weighted by molar-refractivity contribution is 0.0944. The van der Waals surface area contributed by atoms with Crippen molar-refractivity contribution in [1.82, 2.24) is 5.32 Å². The van der Waals surface area contributed by atoms with Gasteiger partial charge in [0.25, 0.3) is 11.8 Å². The van der Waals surface area contributed by atoms with E-state index in [1.54, 1.807) is 42.5 Å². The highest BCUT2D eigenvalue weighted by atomic mass is 79.9. The van der Waals surface area contributed by atoms with Gasteiger partial charge in [0.05, 0.1) is 22.3 Å². The number of halogens is 1. The van der Waals surface area contributed by atoms with Crippen LogP contribution in [0.3, 0.4) is 0 Å². The number of ether oxygens (including phenoxy) is 1. The zero-order valence-corrected chi connectivity index (χ0v) is 16.7. The van der Waals surface area contributed by atoms with E-state index in [-0.39, 0.29) is 17.9 Å². The molecule has 0 saturated heterocycles. The average molecular weight is 419 g/mol. The maximum absolute atomic E-state index is 12.6. The van der Waals surface area contributed by atoms with E-state index in [4.69, 9.17) is 4.74 Å². The molecule has 2 rings (SSSR count). The Kier molecular flexibility index (Phi) is 7.21. The van der Waals surface area contributed by atoms with Crippen molar-refractivity contribution in [1.29, 1.82) is 0 Å². The van der Waals surface area contributed by atoms with Crippen LogP contribution < -0.4 is 15.4 Å². The van der Waals surface area contributed by atoms with Crippen LogP contribution in [0.5, 0.6) is 5.75 Å². The Morgan fingerprint density at radius 2 is 1.85 bits per heavy atom. The largest absolute Gasteiger partial charge is 0.492 e. The van der Waals surface area contributed by atoms with Gasteiger partial charge in [-0.1, -0.05) is 19.1 Å². The molecule has 6 heteroatoms. The van der Waals surface area contributed by atoms with E-state index in [0.29, 0.717) is 33.6 Å². The maximum Gasteiger partial charge on any atom is 0.255 e. The Hall–Kier alpha value is -2.34. The molecule has 0 atom stereocenters. The second-order valence-corrected chi connectivity index (χ2v) is 6.98. The number of nitrogens with one attached hydrogen (secondary N) is 2. The highest BCUT2D eigenvalue weighted by Gasteiger charge is 2.15. The number of rotatable bonds is 7. The van der Waals surface area contributed by atoms with Crippen molar-refractivity contribution in [3.63, 3.8) is 0 Å². The Morgan fingerprint density at radius 3 is 2.50 bits per heavy atom. The van der Waals surface area contributed by atoms with Gasteiger partial charge in [-0.3, -0.25) is 9.59 Å². The van der Waals surface area contributed by atoms with E-state index in [1.165, 1.54) is 0 Å². The lowest BCUT2D eigenvalue weighted by Crippen LogP contribution is -2.31. The van der Waals surface area contributed by atoms with Crippen LogP contribution in [0.25, 0.3) is 0 Å². The quantitative estimate of drug-likeness (QED) is 0.688. The molecule has 0 unspecified atom stereocenters. The number of carbonyl (C=O) groups excluding carboxylic acids is 2. The number of amides is 2. The van der Waals surface area contributed by atoms with Crippen LogP contribution >= 0.6 is 15.9 Å². The third-order valence-electron chi connectivity index (χ3n) is 3.50. The fourth-order valence-corrected chi connectivity index (χ4v) is 2.79. The number of carbonyl (C=O) groups is 2. The summed E-state index contributed by atoms with van der Waals surface area (Å²) in [6.45, 7) is 6.42. The molecule has 0 saturated carbocycles.